The van der Waals surface area contributed by atoms with Crippen molar-refractivity contribution in [2.75, 3.05) is 5.73 Å². The molecule has 0 bridgehead atoms. The van der Waals surface area contributed by atoms with E-state index in [4.69, 9.17) is 5.73 Å². The highest BCUT2D eigenvalue weighted by atomic mass is 32.2. The van der Waals surface area contributed by atoms with Gasteiger partial charge >= 0.3 is 0 Å². The van der Waals surface area contributed by atoms with Crippen molar-refractivity contribution in [2.45, 2.75) is 10.1 Å². The van der Waals surface area contributed by atoms with E-state index in [-0.39, 0.29) is 0 Å². The van der Waals surface area contributed by atoms with Crippen molar-refractivity contribution >= 4 is 17.4 Å². The van der Waals surface area contributed by atoms with Crippen LogP contribution in [0.1, 0.15) is 0 Å². The van der Waals surface area contributed by atoms with Crippen LogP contribution in [0.4, 0.5) is 5.69 Å². The maximum absolute atomic E-state index is 5.66. The molecule has 0 aliphatic heterocycles. The van der Waals surface area contributed by atoms with Gasteiger partial charge in [0.15, 0.2) is 5.16 Å². The largest absolute Gasteiger partial charge is 0.399 e. The van der Waals surface area contributed by atoms with E-state index < -0.39 is 0 Å². The second kappa shape index (κ2) is 4.11. The van der Waals surface area contributed by atoms with Crippen LogP contribution in [0.3, 0.4) is 0 Å². The van der Waals surface area contributed by atoms with E-state index in [0.29, 0.717) is 0 Å². The van der Waals surface area contributed by atoms with E-state index in [1.54, 1.807) is 18.5 Å². The molecular formula is C10H9N3S. The number of anilines is 1. The Morgan fingerprint density at radius 2 is 1.86 bits per heavy atom. The number of benzene rings is 1. The van der Waals surface area contributed by atoms with Crippen LogP contribution in [0, 0.1) is 0 Å². The van der Waals surface area contributed by atoms with Crippen LogP contribution in [-0.2, 0) is 0 Å². The van der Waals surface area contributed by atoms with Crippen LogP contribution in [0.2, 0.25) is 0 Å². The van der Waals surface area contributed by atoms with Gasteiger partial charge in [-0.1, -0.05) is 6.07 Å². The predicted octanol–water partition coefficient (Wildman–Crippen LogP) is 2.21. The number of nitrogen functional groups attached to an aromatic ring is 1. The van der Waals surface area contributed by atoms with E-state index in [1.807, 2.05) is 24.3 Å². The molecule has 0 aliphatic carbocycles. The van der Waals surface area contributed by atoms with Crippen molar-refractivity contribution in [3.8, 4) is 0 Å². The van der Waals surface area contributed by atoms with Crippen molar-refractivity contribution in [1.82, 2.24) is 9.97 Å². The molecule has 14 heavy (non-hydrogen) atoms. The lowest BCUT2D eigenvalue weighted by molar-refractivity contribution is 0.967. The van der Waals surface area contributed by atoms with Crippen molar-refractivity contribution in [3.05, 3.63) is 42.7 Å². The molecule has 2 N–H and O–H groups in total. The molecule has 0 atom stereocenters. The fourth-order valence-corrected chi connectivity index (χ4v) is 1.80. The van der Waals surface area contributed by atoms with Crippen LogP contribution >= 0.6 is 11.8 Å². The van der Waals surface area contributed by atoms with E-state index in [0.717, 1.165) is 15.7 Å². The molecule has 2 aromatic rings. The fraction of sp³-hybridized carbons (Fsp3) is 0. The summed E-state index contributed by atoms with van der Waals surface area (Å²) < 4.78 is 0. The Kier molecular flexibility index (Phi) is 2.65. The van der Waals surface area contributed by atoms with Gasteiger partial charge < -0.3 is 5.73 Å². The van der Waals surface area contributed by atoms with Crippen LogP contribution in [0.25, 0.3) is 0 Å². The van der Waals surface area contributed by atoms with Gasteiger partial charge in [-0.05, 0) is 36.0 Å². The number of rotatable bonds is 2. The van der Waals surface area contributed by atoms with Gasteiger partial charge in [-0.25, -0.2) is 9.97 Å². The molecule has 0 amide bonds. The molecule has 0 fully saturated rings. The highest BCUT2D eigenvalue weighted by Gasteiger charge is 1.98. The van der Waals surface area contributed by atoms with E-state index >= 15 is 0 Å². The number of aromatic nitrogens is 2. The van der Waals surface area contributed by atoms with Crippen molar-refractivity contribution < 1.29 is 0 Å². The van der Waals surface area contributed by atoms with Gasteiger partial charge in [0.05, 0.1) is 0 Å². The summed E-state index contributed by atoms with van der Waals surface area (Å²) in [6.07, 6.45) is 3.45. The molecule has 0 unspecified atom stereocenters. The zero-order chi connectivity index (χ0) is 9.80. The summed E-state index contributed by atoms with van der Waals surface area (Å²) in [6.45, 7) is 0. The van der Waals surface area contributed by atoms with Crippen molar-refractivity contribution in [2.24, 2.45) is 0 Å². The monoisotopic (exact) mass is 203 g/mol. The van der Waals surface area contributed by atoms with Crippen LogP contribution in [0.15, 0.2) is 52.8 Å². The summed E-state index contributed by atoms with van der Waals surface area (Å²) in [4.78, 5) is 9.28. The first kappa shape index (κ1) is 9.02. The van der Waals surface area contributed by atoms with E-state index in [2.05, 4.69) is 9.97 Å². The lowest BCUT2D eigenvalue weighted by Gasteiger charge is -1.99. The van der Waals surface area contributed by atoms with E-state index in [9.17, 15) is 0 Å². The molecule has 1 aromatic carbocycles. The molecule has 3 nitrogen and oxygen atoms in total. The number of hydrogen-bond donors (Lipinski definition) is 1. The minimum absolute atomic E-state index is 0.734. The van der Waals surface area contributed by atoms with Gasteiger partial charge in [0.25, 0.3) is 0 Å². The third-order valence-electron chi connectivity index (χ3n) is 1.61. The lowest BCUT2D eigenvalue weighted by atomic mass is 10.3. The number of nitrogens with two attached hydrogens (primary N) is 1. The quantitative estimate of drug-likeness (QED) is 0.600. The van der Waals surface area contributed by atoms with Crippen LogP contribution in [-0.4, -0.2) is 9.97 Å². The lowest BCUT2D eigenvalue weighted by Crippen LogP contribution is -1.85. The Hall–Kier alpha value is -1.55. The summed E-state index contributed by atoms with van der Waals surface area (Å²) in [7, 11) is 0. The van der Waals surface area contributed by atoms with Gasteiger partial charge in [0, 0.05) is 23.0 Å². The highest BCUT2D eigenvalue weighted by molar-refractivity contribution is 7.99. The normalized spacial score (nSPS) is 10.0. The van der Waals surface area contributed by atoms with Gasteiger partial charge in [0.2, 0.25) is 0 Å². The Labute approximate surface area is 86.4 Å². The van der Waals surface area contributed by atoms with Crippen LogP contribution in [0.5, 0.6) is 0 Å². The topological polar surface area (TPSA) is 51.8 Å². The zero-order valence-electron chi connectivity index (χ0n) is 7.42. The third kappa shape index (κ3) is 2.23. The molecule has 0 saturated carbocycles. The third-order valence-corrected chi connectivity index (χ3v) is 2.49. The van der Waals surface area contributed by atoms with Crippen molar-refractivity contribution in [3.63, 3.8) is 0 Å². The van der Waals surface area contributed by atoms with Gasteiger partial charge in [0.1, 0.15) is 0 Å². The summed E-state index contributed by atoms with van der Waals surface area (Å²) in [5.74, 6) is 0. The van der Waals surface area contributed by atoms with Crippen molar-refractivity contribution in [1.29, 1.82) is 0 Å². The second-order valence-electron chi connectivity index (χ2n) is 2.71. The first-order valence-electron chi connectivity index (χ1n) is 4.15. The minimum Gasteiger partial charge on any atom is -0.399 e. The van der Waals surface area contributed by atoms with Gasteiger partial charge in [-0.15, -0.1) is 0 Å². The molecule has 0 radical (unpaired) electrons. The first-order valence-corrected chi connectivity index (χ1v) is 4.97. The predicted molar refractivity (Wildman–Crippen MR) is 57.0 cm³/mol. The first-order chi connectivity index (χ1) is 6.84. The van der Waals surface area contributed by atoms with Gasteiger partial charge in [-0.2, -0.15) is 0 Å². The zero-order valence-corrected chi connectivity index (χ0v) is 8.24. The minimum atomic E-state index is 0.734. The average Bonchev–Trinajstić information content (AvgIpc) is 2.19. The highest BCUT2D eigenvalue weighted by Crippen LogP contribution is 2.24. The molecule has 2 rings (SSSR count). The van der Waals surface area contributed by atoms with E-state index in [1.165, 1.54) is 11.8 Å². The Morgan fingerprint density at radius 1 is 1.07 bits per heavy atom. The maximum Gasteiger partial charge on any atom is 0.192 e. The summed E-state index contributed by atoms with van der Waals surface area (Å²) in [6, 6.07) is 9.46. The Bertz CT molecular complexity index is 417. The molecular weight excluding hydrogens is 194 g/mol. The maximum atomic E-state index is 5.66. The molecule has 1 heterocycles. The summed E-state index contributed by atoms with van der Waals surface area (Å²) >= 11 is 1.50. The molecule has 0 spiro atoms. The molecule has 4 heteroatoms. The summed E-state index contributed by atoms with van der Waals surface area (Å²) in [5.41, 5.74) is 6.41. The Morgan fingerprint density at radius 3 is 2.57 bits per heavy atom. The smallest absolute Gasteiger partial charge is 0.192 e. The number of nitrogens with zero attached hydrogens (tertiary/aromatic N) is 2. The van der Waals surface area contributed by atoms with Crippen LogP contribution < -0.4 is 5.73 Å². The van der Waals surface area contributed by atoms with Gasteiger partial charge in [-0.3, -0.25) is 0 Å². The molecule has 70 valence electrons. The SMILES string of the molecule is Nc1cccc(Sc2ncccn2)c1. The molecule has 0 saturated heterocycles. The number of hydrogen-bond acceptors (Lipinski definition) is 4. The Balaban J connectivity index is 2.19. The molecule has 0 aliphatic rings. The average molecular weight is 203 g/mol. The molecule has 1 aromatic heterocycles. The standard InChI is InChI=1S/C10H9N3S/c11-8-3-1-4-9(7-8)14-10-12-5-2-6-13-10/h1-7H,11H2. The summed E-state index contributed by atoms with van der Waals surface area (Å²) in [5, 5.41) is 0.734. The fourth-order valence-electron chi connectivity index (χ4n) is 1.02. The second-order valence-corrected chi connectivity index (χ2v) is 3.75.